The molecule has 3 aromatic carbocycles. The summed E-state index contributed by atoms with van der Waals surface area (Å²) in [4.78, 5) is 15.9. The van der Waals surface area contributed by atoms with Gasteiger partial charge in [-0.25, -0.2) is 9.78 Å². The molecule has 0 saturated carbocycles. The van der Waals surface area contributed by atoms with Crippen LogP contribution in [-0.2, 0) is 9.53 Å². The van der Waals surface area contributed by atoms with Gasteiger partial charge >= 0.3 is 5.97 Å². The molecule has 1 aromatic heterocycles. The summed E-state index contributed by atoms with van der Waals surface area (Å²) in [5, 5.41) is 0. The van der Waals surface area contributed by atoms with Gasteiger partial charge in [-0.2, -0.15) is 0 Å². The minimum absolute atomic E-state index is 0.119. The summed E-state index contributed by atoms with van der Waals surface area (Å²) in [7, 11) is 1.33. The van der Waals surface area contributed by atoms with Crippen molar-refractivity contribution in [1.29, 1.82) is 0 Å². The number of methoxy groups -OCH3 is 1. The van der Waals surface area contributed by atoms with Gasteiger partial charge in [0.15, 0.2) is 12.4 Å². The molecule has 0 bridgehead atoms. The Balaban J connectivity index is 1.57. The molecule has 0 N–H and O–H groups in total. The first-order valence-electron chi connectivity index (χ1n) is 9.82. The van der Waals surface area contributed by atoms with E-state index in [1.54, 1.807) is 12.1 Å². The molecule has 4 aromatic rings. The van der Waals surface area contributed by atoms with Gasteiger partial charge in [-0.1, -0.05) is 72.8 Å². The zero-order valence-electron chi connectivity index (χ0n) is 17.0. The molecule has 0 saturated heterocycles. The average Bonchev–Trinajstić information content (AvgIpc) is 3.27. The number of hydrogen-bond donors (Lipinski definition) is 0. The predicted octanol–water partition coefficient (Wildman–Crippen LogP) is 5.73. The van der Waals surface area contributed by atoms with Crippen LogP contribution in [0.4, 0.5) is 0 Å². The molecule has 0 aliphatic carbocycles. The summed E-state index contributed by atoms with van der Waals surface area (Å²) >= 11 is 0. The van der Waals surface area contributed by atoms with E-state index in [-0.39, 0.29) is 6.61 Å². The minimum atomic E-state index is -0.420. The van der Waals surface area contributed by atoms with Gasteiger partial charge in [-0.15, -0.1) is 0 Å². The van der Waals surface area contributed by atoms with Crippen LogP contribution in [0.15, 0.2) is 89.3 Å². The van der Waals surface area contributed by atoms with Crippen LogP contribution in [-0.4, -0.2) is 24.7 Å². The molecule has 0 unspecified atom stereocenters. The van der Waals surface area contributed by atoms with Gasteiger partial charge in [-0.05, 0) is 23.8 Å². The molecular weight excluding hydrogens is 390 g/mol. The van der Waals surface area contributed by atoms with E-state index < -0.39 is 5.97 Å². The zero-order chi connectivity index (χ0) is 21.5. The molecule has 0 radical (unpaired) electrons. The fourth-order valence-electron chi connectivity index (χ4n) is 3.03. The van der Waals surface area contributed by atoms with Crippen molar-refractivity contribution in [2.75, 3.05) is 13.7 Å². The van der Waals surface area contributed by atoms with E-state index in [0.29, 0.717) is 11.6 Å². The van der Waals surface area contributed by atoms with Crippen LogP contribution in [0.1, 0.15) is 11.5 Å². The third-order valence-corrected chi connectivity index (χ3v) is 4.61. The first-order chi connectivity index (χ1) is 15.2. The molecule has 31 heavy (non-hydrogen) atoms. The van der Waals surface area contributed by atoms with Gasteiger partial charge in [0.1, 0.15) is 11.4 Å². The Morgan fingerprint density at radius 1 is 0.871 bits per heavy atom. The summed E-state index contributed by atoms with van der Waals surface area (Å²) in [5.74, 6) is 1.43. The van der Waals surface area contributed by atoms with Crippen molar-refractivity contribution in [3.63, 3.8) is 0 Å². The molecule has 154 valence electrons. The maximum absolute atomic E-state index is 11.2. The van der Waals surface area contributed by atoms with Gasteiger partial charge in [0.2, 0.25) is 5.89 Å². The Morgan fingerprint density at radius 2 is 1.52 bits per heavy atom. The van der Waals surface area contributed by atoms with E-state index in [0.717, 1.165) is 28.1 Å². The third kappa shape index (κ3) is 5.08. The zero-order valence-corrected chi connectivity index (χ0v) is 17.0. The molecule has 0 atom stereocenters. The number of carbonyl (C=O) groups excluding carboxylic acids is 1. The van der Waals surface area contributed by atoms with E-state index in [4.69, 9.17) is 14.1 Å². The number of nitrogens with zero attached hydrogens (tertiary/aromatic N) is 1. The van der Waals surface area contributed by atoms with Crippen molar-refractivity contribution in [3.8, 4) is 28.3 Å². The smallest absolute Gasteiger partial charge is 0.343 e. The van der Waals surface area contributed by atoms with Crippen LogP contribution in [0, 0.1) is 0 Å². The highest BCUT2D eigenvalue weighted by atomic mass is 16.6. The SMILES string of the molecule is COC(=O)COc1ccc(C=Cc2nc(-c3ccccc3)c(-c3ccccc3)o2)cc1. The number of oxazole rings is 1. The van der Waals surface area contributed by atoms with Crippen LogP contribution in [0.25, 0.3) is 34.7 Å². The van der Waals surface area contributed by atoms with Crippen molar-refractivity contribution >= 4 is 18.1 Å². The number of hydrogen-bond acceptors (Lipinski definition) is 5. The van der Waals surface area contributed by atoms with Crippen molar-refractivity contribution in [3.05, 3.63) is 96.4 Å². The number of esters is 1. The summed E-state index contributed by atoms with van der Waals surface area (Å²) in [6.07, 6.45) is 3.75. The monoisotopic (exact) mass is 411 g/mol. The van der Waals surface area contributed by atoms with Crippen LogP contribution >= 0.6 is 0 Å². The van der Waals surface area contributed by atoms with E-state index >= 15 is 0 Å². The van der Waals surface area contributed by atoms with E-state index in [1.165, 1.54) is 7.11 Å². The predicted molar refractivity (Wildman–Crippen MR) is 120 cm³/mol. The van der Waals surface area contributed by atoms with E-state index in [1.807, 2.05) is 84.9 Å². The van der Waals surface area contributed by atoms with E-state index in [9.17, 15) is 4.79 Å². The normalized spacial score (nSPS) is 10.9. The van der Waals surface area contributed by atoms with Crippen molar-refractivity contribution in [2.24, 2.45) is 0 Å². The lowest BCUT2D eigenvalue weighted by Crippen LogP contribution is -2.12. The fourth-order valence-corrected chi connectivity index (χ4v) is 3.03. The highest BCUT2D eigenvalue weighted by Crippen LogP contribution is 2.33. The average molecular weight is 411 g/mol. The number of benzene rings is 3. The van der Waals surface area contributed by atoms with Gasteiger partial charge in [-0.3, -0.25) is 0 Å². The lowest BCUT2D eigenvalue weighted by Gasteiger charge is -2.04. The highest BCUT2D eigenvalue weighted by Gasteiger charge is 2.15. The summed E-state index contributed by atoms with van der Waals surface area (Å²) in [6.45, 7) is -0.119. The highest BCUT2D eigenvalue weighted by molar-refractivity contribution is 5.78. The molecule has 5 heteroatoms. The summed E-state index contributed by atoms with van der Waals surface area (Å²) < 4.78 is 16.0. The number of ether oxygens (including phenoxy) is 2. The van der Waals surface area contributed by atoms with Crippen LogP contribution < -0.4 is 4.74 Å². The molecule has 0 amide bonds. The lowest BCUT2D eigenvalue weighted by atomic mass is 10.1. The molecule has 0 spiro atoms. The van der Waals surface area contributed by atoms with Crippen molar-refractivity contribution in [1.82, 2.24) is 4.98 Å². The second-order valence-electron chi connectivity index (χ2n) is 6.73. The van der Waals surface area contributed by atoms with Crippen LogP contribution in [0.2, 0.25) is 0 Å². The summed E-state index contributed by atoms with van der Waals surface area (Å²) in [6, 6.07) is 27.3. The van der Waals surface area contributed by atoms with E-state index in [2.05, 4.69) is 4.74 Å². The Bertz CT molecular complexity index is 1110. The second-order valence-corrected chi connectivity index (χ2v) is 6.73. The van der Waals surface area contributed by atoms with Crippen LogP contribution in [0.3, 0.4) is 0 Å². The maximum atomic E-state index is 11.2. The molecule has 0 aliphatic rings. The van der Waals surface area contributed by atoms with Crippen LogP contribution in [0.5, 0.6) is 5.75 Å². The first kappa shape index (κ1) is 20.2. The van der Waals surface area contributed by atoms with Gasteiger partial charge < -0.3 is 13.9 Å². The van der Waals surface area contributed by atoms with Crippen molar-refractivity contribution < 1.29 is 18.7 Å². The fraction of sp³-hybridized carbons (Fsp3) is 0.0769. The maximum Gasteiger partial charge on any atom is 0.343 e. The molecule has 0 aliphatic heterocycles. The quantitative estimate of drug-likeness (QED) is 0.363. The molecule has 1 heterocycles. The molecule has 5 nitrogen and oxygen atoms in total. The number of aromatic nitrogens is 1. The first-order valence-corrected chi connectivity index (χ1v) is 9.82. The molecular formula is C26H21NO4. The Kier molecular flexibility index (Phi) is 6.24. The summed E-state index contributed by atoms with van der Waals surface area (Å²) in [5.41, 5.74) is 3.72. The lowest BCUT2D eigenvalue weighted by molar-refractivity contribution is -0.142. The third-order valence-electron chi connectivity index (χ3n) is 4.61. The molecule has 4 rings (SSSR count). The van der Waals surface area contributed by atoms with Gasteiger partial charge in [0.25, 0.3) is 0 Å². The number of rotatable bonds is 7. The standard InChI is InChI=1S/C26H21NO4/c1-29-24(28)18-30-22-15-12-19(13-16-22)14-17-23-27-25(20-8-4-2-5-9-20)26(31-23)21-10-6-3-7-11-21/h2-17H,18H2,1H3. The van der Waals surface area contributed by atoms with Gasteiger partial charge in [0.05, 0.1) is 7.11 Å². The Hall–Kier alpha value is -4.12. The second kappa shape index (κ2) is 9.59. The Morgan fingerprint density at radius 3 is 2.16 bits per heavy atom. The van der Waals surface area contributed by atoms with Gasteiger partial charge in [0, 0.05) is 17.2 Å². The number of carbonyl (C=O) groups is 1. The topological polar surface area (TPSA) is 61.6 Å². The Labute approximate surface area is 180 Å². The minimum Gasteiger partial charge on any atom is -0.482 e. The van der Waals surface area contributed by atoms with Crippen molar-refractivity contribution in [2.45, 2.75) is 0 Å². The largest absolute Gasteiger partial charge is 0.482 e. The molecule has 0 fully saturated rings.